The minimum atomic E-state index is -0.277. The largest absolute Gasteiger partial charge is 0.467 e. The summed E-state index contributed by atoms with van der Waals surface area (Å²) in [5.74, 6) is -0.0492. The molecule has 0 unspecified atom stereocenters. The Hall–Kier alpha value is -3.03. The van der Waals surface area contributed by atoms with E-state index in [0.29, 0.717) is 18.1 Å². The first-order valence-electron chi connectivity index (χ1n) is 8.55. The van der Waals surface area contributed by atoms with E-state index < -0.39 is 0 Å². The molecule has 3 aromatic rings. The number of likely N-dealkylation sites (tertiary alicyclic amines) is 1. The van der Waals surface area contributed by atoms with Crippen LogP contribution < -0.4 is 4.74 Å². The monoisotopic (exact) mass is 355 g/mol. The molecule has 0 bridgehead atoms. The molecule has 134 valence electrons. The van der Waals surface area contributed by atoms with Crippen molar-refractivity contribution in [3.8, 4) is 5.88 Å². The fraction of sp³-hybridized carbons (Fsp3) is 0.333. The lowest BCUT2D eigenvalue weighted by molar-refractivity contribution is -0.137. The molecule has 0 N–H and O–H groups in total. The maximum absolute atomic E-state index is 13.2. The van der Waals surface area contributed by atoms with Crippen LogP contribution in [0.4, 0.5) is 4.39 Å². The molecule has 1 atom stereocenters. The highest BCUT2D eigenvalue weighted by Crippen LogP contribution is 2.31. The number of ether oxygens (including phenoxy) is 1. The van der Waals surface area contributed by atoms with Crippen LogP contribution in [0.1, 0.15) is 30.9 Å². The van der Waals surface area contributed by atoms with E-state index in [4.69, 9.17) is 4.74 Å². The van der Waals surface area contributed by atoms with E-state index >= 15 is 0 Å². The van der Waals surface area contributed by atoms with E-state index in [-0.39, 0.29) is 24.4 Å². The van der Waals surface area contributed by atoms with Crippen LogP contribution in [0.15, 0.2) is 42.7 Å². The van der Waals surface area contributed by atoms with Crippen LogP contribution in [-0.2, 0) is 4.79 Å². The summed E-state index contributed by atoms with van der Waals surface area (Å²) in [5, 5.41) is 11.8. The Bertz CT molecular complexity index is 911. The molecule has 2 aromatic heterocycles. The van der Waals surface area contributed by atoms with Gasteiger partial charge in [-0.3, -0.25) is 4.79 Å². The second-order valence-corrected chi connectivity index (χ2v) is 6.24. The van der Waals surface area contributed by atoms with Crippen LogP contribution in [0.5, 0.6) is 5.88 Å². The van der Waals surface area contributed by atoms with E-state index in [2.05, 4.69) is 15.3 Å². The summed E-state index contributed by atoms with van der Waals surface area (Å²) < 4.78 is 20.2. The predicted molar refractivity (Wildman–Crippen MR) is 91.0 cm³/mol. The summed E-state index contributed by atoms with van der Waals surface area (Å²) in [6.45, 7) is 0.570. The number of benzene rings is 1. The topological polar surface area (TPSA) is 72.6 Å². The van der Waals surface area contributed by atoms with Crippen molar-refractivity contribution in [2.75, 3.05) is 13.2 Å². The molecule has 1 saturated heterocycles. The van der Waals surface area contributed by atoms with Crippen molar-refractivity contribution in [3.05, 3.63) is 54.1 Å². The van der Waals surface area contributed by atoms with E-state index in [9.17, 15) is 9.18 Å². The van der Waals surface area contributed by atoms with Gasteiger partial charge in [0.15, 0.2) is 12.3 Å². The van der Waals surface area contributed by atoms with Gasteiger partial charge in [0.1, 0.15) is 12.1 Å². The lowest BCUT2D eigenvalue weighted by atomic mass is 9.95. The third-order valence-electron chi connectivity index (χ3n) is 4.56. The van der Waals surface area contributed by atoms with Crippen LogP contribution in [0.3, 0.4) is 0 Å². The highest BCUT2D eigenvalue weighted by atomic mass is 19.1. The van der Waals surface area contributed by atoms with Crippen LogP contribution in [0, 0.1) is 5.82 Å². The number of piperidine rings is 1. The van der Waals surface area contributed by atoms with Gasteiger partial charge >= 0.3 is 0 Å². The zero-order valence-corrected chi connectivity index (χ0v) is 14.1. The van der Waals surface area contributed by atoms with Gasteiger partial charge < -0.3 is 9.64 Å². The minimum absolute atomic E-state index is 0.0475. The second-order valence-electron chi connectivity index (χ2n) is 6.24. The van der Waals surface area contributed by atoms with Gasteiger partial charge in [-0.25, -0.2) is 4.39 Å². The number of fused-ring (bicyclic) bond motifs is 1. The lowest BCUT2D eigenvalue weighted by Gasteiger charge is -2.36. The van der Waals surface area contributed by atoms with Crippen molar-refractivity contribution in [2.45, 2.75) is 25.3 Å². The maximum atomic E-state index is 13.2. The average molecular weight is 355 g/mol. The second kappa shape index (κ2) is 7.07. The first-order chi connectivity index (χ1) is 12.7. The quantitative estimate of drug-likeness (QED) is 0.719. The molecule has 1 amide bonds. The number of halogens is 1. The van der Waals surface area contributed by atoms with E-state index in [0.717, 1.165) is 24.8 Å². The molecule has 3 heterocycles. The molecule has 0 aliphatic carbocycles. The van der Waals surface area contributed by atoms with Gasteiger partial charge in [0.25, 0.3) is 5.91 Å². The van der Waals surface area contributed by atoms with Crippen molar-refractivity contribution >= 4 is 11.6 Å². The molecule has 0 radical (unpaired) electrons. The highest BCUT2D eigenvalue weighted by molar-refractivity contribution is 5.78. The van der Waals surface area contributed by atoms with Crippen LogP contribution in [0.2, 0.25) is 0 Å². The van der Waals surface area contributed by atoms with Crippen LogP contribution in [-0.4, -0.2) is 43.8 Å². The van der Waals surface area contributed by atoms with Crippen molar-refractivity contribution in [1.82, 2.24) is 24.7 Å². The van der Waals surface area contributed by atoms with E-state index in [1.54, 1.807) is 24.3 Å². The Balaban J connectivity index is 1.45. The third kappa shape index (κ3) is 3.35. The van der Waals surface area contributed by atoms with Crippen LogP contribution >= 0.6 is 0 Å². The van der Waals surface area contributed by atoms with E-state index in [1.807, 2.05) is 4.90 Å². The third-order valence-corrected chi connectivity index (χ3v) is 4.56. The normalized spacial score (nSPS) is 17.4. The first kappa shape index (κ1) is 16.4. The van der Waals surface area contributed by atoms with Gasteiger partial charge in [-0.2, -0.15) is 4.52 Å². The molecule has 8 heteroatoms. The summed E-state index contributed by atoms with van der Waals surface area (Å²) in [5.41, 5.74) is 1.56. The molecule has 4 rings (SSSR count). The number of hydrogen-bond acceptors (Lipinski definition) is 5. The number of amides is 1. The highest BCUT2D eigenvalue weighted by Gasteiger charge is 2.28. The smallest absolute Gasteiger partial charge is 0.261 e. The molecule has 7 nitrogen and oxygen atoms in total. The Morgan fingerprint density at radius 2 is 2.04 bits per heavy atom. The maximum Gasteiger partial charge on any atom is 0.261 e. The number of aromatic nitrogens is 4. The molecule has 0 saturated carbocycles. The van der Waals surface area contributed by atoms with E-state index in [1.165, 1.54) is 23.0 Å². The molecule has 26 heavy (non-hydrogen) atoms. The molecular weight excluding hydrogens is 337 g/mol. The SMILES string of the molecule is O=C(COc1ccc2nncn2n1)N1CCCC[C@@H]1c1ccc(F)cc1. The van der Waals surface area contributed by atoms with Gasteiger partial charge in [0, 0.05) is 12.6 Å². The first-order valence-corrected chi connectivity index (χ1v) is 8.55. The Morgan fingerprint density at radius 1 is 1.19 bits per heavy atom. The summed E-state index contributed by atoms with van der Waals surface area (Å²) in [6, 6.07) is 9.69. The summed E-state index contributed by atoms with van der Waals surface area (Å²) in [7, 11) is 0. The fourth-order valence-corrected chi connectivity index (χ4v) is 3.27. The fourth-order valence-electron chi connectivity index (χ4n) is 3.27. The van der Waals surface area contributed by atoms with Crippen LogP contribution in [0.25, 0.3) is 5.65 Å². The number of hydrogen-bond donors (Lipinski definition) is 0. The molecule has 0 spiro atoms. The molecule has 1 fully saturated rings. The Labute approximate surface area is 149 Å². The molecule has 1 aliphatic heterocycles. The molecule has 1 aromatic carbocycles. The van der Waals surface area contributed by atoms with Gasteiger partial charge in [-0.15, -0.1) is 15.3 Å². The number of nitrogens with zero attached hydrogens (tertiary/aromatic N) is 5. The van der Waals surface area contributed by atoms with Gasteiger partial charge in [0.2, 0.25) is 5.88 Å². The summed E-state index contributed by atoms with van der Waals surface area (Å²) >= 11 is 0. The lowest BCUT2D eigenvalue weighted by Crippen LogP contribution is -2.41. The Kier molecular flexibility index (Phi) is 4.47. The van der Waals surface area contributed by atoms with Gasteiger partial charge in [-0.1, -0.05) is 12.1 Å². The average Bonchev–Trinajstić information content (AvgIpc) is 3.14. The van der Waals surface area contributed by atoms with Gasteiger partial charge in [-0.05, 0) is 43.0 Å². The minimum Gasteiger partial charge on any atom is -0.467 e. The van der Waals surface area contributed by atoms with Crippen molar-refractivity contribution in [2.24, 2.45) is 0 Å². The number of rotatable bonds is 4. The van der Waals surface area contributed by atoms with Gasteiger partial charge in [0.05, 0.1) is 6.04 Å². The molecular formula is C18H18FN5O2. The Morgan fingerprint density at radius 3 is 2.88 bits per heavy atom. The summed E-state index contributed by atoms with van der Waals surface area (Å²) in [6.07, 6.45) is 4.33. The predicted octanol–water partition coefficient (Wildman–Crippen LogP) is 2.40. The zero-order valence-electron chi connectivity index (χ0n) is 14.1. The zero-order chi connectivity index (χ0) is 17.9. The standard InChI is InChI=1S/C18H18FN5O2/c19-14-6-4-13(5-7-14)15-3-1-2-10-23(15)18(25)11-26-17-9-8-16-21-20-12-24(16)22-17/h4-9,12,15H,1-3,10-11H2/t15-/m1/s1. The summed E-state index contributed by atoms with van der Waals surface area (Å²) in [4.78, 5) is 14.5. The molecule has 1 aliphatic rings. The number of carbonyl (C=O) groups is 1. The van der Waals surface area contributed by atoms with Crippen molar-refractivity contribution in [1.29, 1.82) is 0 Å². The van der Waals surface area contributed by atoms with Crippen molar-refractivity contribution < 1.29 is 13.9 Å². The number of carbonyl (C=O) groups excluding carboxylic acids is 1. The van der Waals surface area contributed by atoms with Crippen molar-refractivity contribution in [3.63, 3.8) is 0 Å².